The summed E-state index contributed by atoms with van der Waals surface area (Å²) in [5.74, 6) is 0. The number of rotatable bonds is 8. The van der Waals surface area contributed by atoms with Gasteiger partial charge in [0.05, 0.1) is 32.0 Å². The maximum atomic E-state index is 8.81. The third kappa shape index (κ3) is 6.99. The van der Waals surface area contributed by atoms with E-state index in [1.807, 2.05) is 13.8 Å². The maximum Gasteiger partial charge on any atom is 0.0804 e. The van der Waals surface area contributed by atoms with Gasteiger partial charge < -0.3 is 14.6 Å². The smallest absolute Gasteiger partial charge is 0.0804 e. The minimum absolute atomic E-state index is 0.0273. The van der Waals surface area contributed by atoms with Gasteiger partial charge in [0.15, 0.2) is 0 Å². The van der Waals surface area contributed by atoms with E-state index in [9.17, 15) is 0 Å². The van der Waals surface area contributed by atoms with E-state index in [1.54, 1.807) is 0 Å². The molecule has 0 amide bonds. The third-order valence-corrected chi connectivity index (χ3v) is 2.07. The molecule has 0 fully saturated rings. The average Bonchev–Trinajstić information content (AvgIpc) is 2.18. The molecule has 0 aliphatic rings. The zero-order valence-electron chi connectivity index (χ0n) is 8.95. The molecule has 2 atom stereocenters. The second kappa shape index (κ2) is 8.48. The number of hydrogen-bond acceptors (Lipinski definition) is 3. The Morgan fingerprint density at radius 3 is 2.15 bits per heavy atom. The molecule has 3 heteroatoms. The lowest BCUT2D eigenvalue weighted by Gasteiger charge is -2.14. The SMILES string of the molecule is CCC(C)OCCOC(CC)CO. The summed E-state index contributed by atoms with van der Waals surface area (Å²) in [5, 5.41) is 8.81. The minimum atomic E-state index is -0.0273. The number of aliphatic hydroxyl groups excluding tert-OH is 1. The van der Waals surface area contributed by atoms with Crippen LogP contribution in [-0.4, -0.2) is 37.1 Å². The summed E-state index contributed by atoms with van der Waals surface area (Å²) in [6.07, 6.45) is 2.15. The molecular weight excluding hydrogens is 168 g/mol. The van der Waals surface area contributed by atoms with E-state index in [2.05, 4.69) is 6.92 Å². The van der Waals surface area contributed by atoms with Gasteiger partial charge in [-0.2, -0.15) is 0 Å². The van der Waals surface area contributed by atoms with E-state index in [0.29, 0.717) is 19.3 Å². The van der Waals surface area contributed by atoms with Crippen molar-refractivity contribution in [2.75, 3.05) is 19.8 Å². The second-order valence-corrected chi connectivity index (χ2v) is 3.17. The molecule has 80 valence electrons. The van der Waals surface area contributed by atoms with Crippen molar-refractivity contribution >= 4 is 0 Å². The van der Waals surface area contributed by atoms with Crippen molar-refractivity contribution < 1.29 is 14.6 Å². The van der Waals surface area contributed by atoms with Gasteiger partial charge in [0.25, 0.3) is 0 Å². The largest absolute Gasteiger partial charge is 0.394 e. The van der Waals surface area contributed by atoms with Crippen molar-refractivity contribution in [2.45, 2.75) is 45.8 Å². The Hall–Kier alpha value is -0.120. The maximum absolute atomic E-state index is 8.81. The predicted octanol–water partition coefficient (Wildman–Crippen LogP) is 1.59. The first-order chi connectivity index (χ1) is 6.24. The van der Waals surface area contributed by atoms with Gasteiger partial charge in [-0.25, -0.2) is 0 Å². The van der Waals surface area contributed by atoms with E-state index in [1.165, 1.54) is 0 Å². The molecule has 3 nitrogen and oxygen atoms in total. The first kappa shape index (κ1) is 12.9. The summed E-state index contributed by atoms with van der Waals surface area (Å²) in [6, 6.07) is 0. The fraction of sp³-hybridized carbons (Fsp3) is 1.00. The number of ether oxygens (including phenoxy) is 2. The van der Waals surface area contributed by atoms with Gasteiger partial charge in [-0.1, -0.05) is 13.8 Å². The molecule has 0 saturated heterocycles. The van der Waals surface area contributed by atoms with Crippen LogP contribution >= 0.6 is 0 Å². The van der Waals surface area contributed by atoms with Crippen LogP contribution < -0.4 is 0 Å². The monoisotopic (exact) mass is 190 g/mol. The molecule has 0 aromatic carbocycles. The van der Waals surface area contributed by atoms with Crippen LogP contribution in [0.4, 0.5) is 0 Å². The van der Waals surface area contributed by atoms with E-state index in [-0.39, 0.29) is 12.7 Å². The Kier molecular flexibility index (Phi) is 8.40. The van der Waals surface area contributed by atoms with Crippen molar-refractivity contribution in [3.05, 3.63) is 0 Å². The molecule has 1 N–H and O–H groups in total. The van der Waals surface area contributed by atoms with E-state index >= 15 is 0 Å². The van der Waals surface area contributed by atoms with Crippen molar-refractivity contribution in [1.82, 2.24) is 0 Å². The van der Waals surface area contributed by atoms with Gasteiger partial charge in [0, 0.05) is 0 Å². The van der Waals surface area contributed by atoms with Crippen LogP contribution in [0.2, 0.25) is 0 Å². The lowest BCUT2D eigenvalue weighted by molar-refractivity contribution is -0.0356. The molecule has 0 aliphatic heterocycles. The van der Waals surface area contributed by atoms with E-state index in [4.69, 9.17) is 14.6 Å². The summed E-state index contributed by atoms with van der Waals surface area (Å²) in [6.45, 7) is 7.42. The predicted molar refractivity (Wildman–Crippen MR) is 52.8 cm³/mol. The Morgan fingerprint density at radius 1 is 1.08 bits per heavy atom. The molecule has 0 saturated carbocycles. The highest BCUT2D eigenvalue weighted by atomic mass is 16.5. The zero-order valence-corrected chi connectivity index (χ0v) is 8.95. The topological polar surface area (TPSA) is 38.7 Å². The van der Waals surface area contributed by atoms with Gasteiger partial charge in [0.2, 0.25) is 0 Å². The van der Waals surface area contributed by atoms with Crippen LogP contribution in [0.25, 0.3) is 0 Å². The molecule has 0 bridgehead atoms. The highest BCUT2D eigenvalue weighted by Crippen LogP contribution is 1.98. The van der Waals surface area contributed by atoms with Crippen LogP contribution in [0.15, 0.2) is 0 Å². The first-order valence-electron chi connectivity index (χ1n) is 5.08. The summed E-state index contributed by atoms with van der Waals surface area (Å²) in [4.78, 5) is 0. The van der Waals surface area contributed by atoms with Gasteiger partial charge in [0.1, 0.15) is 0 Å². The van der Waals surface area contributed by atoms with Gasteiger partial charge in [-0.3, -0.25) is 0 Å². The fourth-order valence-electron chi connectivity index (χ4n) is 0.882. The van der Waals surface area contributed by atoms with E-state index in [0.717, 1.165) is 12.8 Å². The van der Waals surface area contributed by atoms with Crippen molar-refractivity contribution in [1.29, 1.82) is 0 Å². The molecule has 0 aliphatic carbocycles. The second-order valence-electron chi connectivity index (χ2n) is 3.17. The molecule has 0 aromatic heterocycles. The molecule has 0 rings (SSSR count). The molecule has 0 heterocycles. The van der Waals surface area contributed by atoms with E-state index < -0.39 is 0 Å². The lowest BCUT2D eigenvalue weighted by Crippen LogP contribution is -2.20. The molecule has 0 spiro atoms. The summed E-state index contributed by atoms with van der Waals surface area (Å²) >= 11 is 0. The summed E-state index contributed by atoms with van der Waals surface area (Å²) in [7, 11) is 0. The fourth-order valence-corrected chi connectivity index (χ4v) is 0.882. The van der Waals surface area contributed by atoms with Crippen LogP contribution in [-0.2, 0) is 9.47 Å². The summed E-state index contributed by atoms with van der Waals surface area (Å²) < 4.78 is 10.8. The number of hydrogen-bond donors (Lipinski definition) is 1. The Morgan fingerprint density at radius 2 is 1.69 bits per heavy atom. The van der Waals surface area contributed by atoms with Gasteiger partial charge in [-0.15, -0.1) is 0 Å². The summed E-state index contributed by atoms with van der Waals surface area (Å²) in [5.41, 5.74) is 0. The molecule has 2 unspecified atom stereocenters. The van der Waals surface area contributed by atoms with Crippen LogP contribution in [0, 0.1) is 0 Å². The zero-order chi connectivity index (χ0) is 10.1. The average molecular weight is 190 g/mol. The highest BCUT2D eigenvalue weighted by molar-refractivity contribution is 4.51. The normalized spacial score (nSPS) is 15.7. The highest BCUT2D eigenvalue weighted by Gasteiger charge is 2.04. The number of aliphatic hydroxyl groups is 1. The Bertz CT molecular complexity index is 102. The molecule has 0 radical (unpaired) electrons. The van der Waals surface area contributed by atoms with Gasteiger partial charge in [-0.05, 0) is 19.8 Å². The van der Waals surface area contributed by atoms with Crippen molar-refractivity contribution in [2.24, 2.45) is 0 Å². The molecular formula is C10H22O3. The van der Waals surface area contributed by atoms with Crippen LogP contribution in [0.5, 0.6) is 0 Å². The van der Waals surface area contributed by atoms with Crippen LogP contribution in [0.3, 0.4) is 0 Å². The molecule has 0 aromatic rings. The van der Waals surface area contributed by atoms with Crippen molar-refractivity contribution in [3.63, 3.8) is 0 Å². The first-order valence-corrected chi connectivity index (χ1v) is 5.08. The third-order valence-electron chi connectivity index (χ3n) is 2.07. The molecule has 13 heavy (non-hydrogen) atoms. The Labute approximate surface area is 81.0 Å². The lowest BCUT2D eigenvalue weighted by atomic mass is 10.3. The quantitative estimate of drug-likeness (QED) is 0.591. The minimum Gasteiger partial charge on any atom is -0.394 e. The van der Waals surface area contributed by atoms with Gasteiger partial charge >= 0.3 is 0 Å². The van der Waals surface area contributed by atoms with Crippen molar-refractivity contribution in [3.8, 4) is 0 Å². The Balaban J connectivity index is 3.23. The van der Waals surface area contributed by atoms with Crippen LogP contribution in [0.1, 0.15) is 33.6 Å². The standard InChI is InChI=1S/C10H22O3/c1-4-9(3)12-6-7-13-10(5-2)8-11/h9-11H,4-8H2,1-3H3.